The standard InChI is InChI=1S/C21H20N2O3S/c1-16(27-20-9-5-6-14-23(20)25)21(24)22-18-10-12-19(13-11-18)26-15-17-7-3-2-4-8-17/h2-14,16H,15H2,1H3,(H,22,24)/t16-/m0/s1. The fourth-order valence-corrected chi connectivity index (χ4v) is 3.21. The van der Waals surface area contributed by atoms with Crippen LogP contribution in [0.5, 0.6) is 5.75 Å². The first-order valence-corrected chi connectivity index (χ1v) is 9.42. The number of benzene rings is 2. The lowest BCUT2D eigenvalue weighted by molar-refractivity contribution is -0.645. The van der Waals surface area contributed by atoms with E-state index in [4.69, 9.17) is 4.74 Å². The molecule has 0 aliphatic heterocycles. The van der Waals surface area contributed by atoms with Crippen molar-refractivity contribution in [3.8, 4) is 5.75 Å². The highest BCUT2D eigenvalue weighted by molar-refractivity contribution is 8.00. The molecule has 1 aromatic heterocycles. The van der Waals surface area contributed by atoms with Gasteiger partial charge in [-0.05, 0) is 54.6 Å². The molecule has 0 aliphatic carbocycles. The molecule has 6 heteroatoms. The van der Waals surface area contributed by atoms with Crippen molar-refractivity contribution in [1.82, 2.24) is 0 Å². The van der Waals surface area contributed by atoms with Gasteiger partial charge in [0.05, 0.1) is 5.25 Å². The molecular weight excluding hydrogens is 360 g/mol. The maximum atomic E-state index is 12.3. The topological polar surface area (TPSA) is 65.3 Å². The summed E-state index contributed by atoms with van der Waals surface area (Å²) in [5.41, 5.74) is 1.78. The zero-order valence-electron chi connectivity index (χ0n) is 14.9. The summed E-state index contributed by atoms with van der Waals surface area (Å²) in [4.78, 5) is 12.3. The van der Waals surface area contributed by atoms with Crippen molar-refractivity contribution in [2.45, 2.75) is 23.8 Å². The van der Waals surface area contributed by atoms with Gasteiger partial charge in [-0.2, -0.15) is 4.73 Å². The molecular formula is C21H20N2O3S. The van der Waals surface area contributed by atoms with Crippen LogP contribution in [0.2, 0.25) is 0 Å². The molecule has 138 valence electrons. The molecule has 0 bridgehead atoms. The van der Waals surface area contributed by atoms with Crippen LogP contribution in [0.1, 0.15) is 12.5 Å². The Morgan fingerprint density at radius 1 is 1.07 bits per heavy atom. The Kier molecular flexibility index (Phi) is 6.33. The van der Waals surface area contributed by atoms with E-state index in [0.717, 1.165) is 16.0 Å². The van der Waals surface area contributed by atoms with Gasteiger partial charge in [0, 0.05) is 17.8 Å². The molecule has 0 radical (unpaired) electrons. The second-order valence-electron chi connectivity index (χ2n) is 5.91. The molecule has 3 aromatic rings. The number of anilines is 1. The largest absolute Gasteiger partial charge is 0.618 e. The number of ether oxygens (including phenoxy) is 1. The van der Waals surface area contributed by atoms with Gasteiger partial charge in [0.1, 0.15) is 12.4 Å². The van der Waals surface area contributed by atoms with Gasteiger partial charge in [-0.25, -0.2) is 0 Å². The van der Waals surface area contributed by atoms with E-state index < -0.39 is 5.25 Å². The number of nitrogens with zero attached hydrogens (tertiary/aromatic N) is 1. The van der Waals surface area contributed by atoms with Crippen LogP contribution in [0.15, 0.2) is 84.0 Å². The number of hydrogen-bond acceptors (Lipinski definition) is 4. The molecule has 1 N–H and O–H groups in total. The summed E-state index contributed by atoms with van der Waals surface area (Å²) in [5, 5.41) is 14.6. The van der Waals surface area contributed by atoms with E-state index in [9.17, 15) is 10.0 Å². The molecule has 5 nitrogen and oxygen atoms in total. The third-order valence-corrected chi connectivity index (χ3v) is 4.95. The van der Waals surface area contributed by atoms with E-state index in [0.29, 0.717) is 17.3 Å². The van der Waals surface area contributed by atoms with Crippen molar-refractivity contribution in [3.05, 3.63) is 89.8 Å². The summed E-state index contributed by atoms with van der Waals surface area (Å²) in [6.07, 6.45) is 1.42. The summed E-state index contributed by atoms with van der Waals surface area (Å²) < 4.78 is 6.49. The number of aromatic nitrogens is 1. The number of nitrogens with one attached hydrogen (secondary N) is 1. The lowest BCUT2D eigenvalue weighted by atomic mass is 10.2. The van der Waals surface area contributed by atoms with Crippen molar-refractivity contribution < 1.29 is 14.3 Å². The van der Waals surface area contributed by atoms with Crippen molar-refractivity contribution in [1.29, 1.82) is 0 Å². The monoisotopic (exact) mass is 380 g/mol. The van der Waals surface area contributed by atoms with Gasteiger partial charge >= 0.3 is 0 Å². The average molecular weight is 380 g/mol. The van der Waals surface area contributed by atoms with E-state index in [-0.39, 0.29) is 5.91 Å². The van der Waals surface area contributed by atoms with Crippen LogP contribution in [0, 0.1) is 5.21 Å². The molecule has 0 fully saturated rings. The van der Waals surface area contributed by atoms with E-state index in [1.807, 2.05) is 42.5 Å². The number of carbonyl (C=O) groups is 1. The van der Waals surface area contributed by atoms with Gasteiger partial charge in [0.2, 0.25) is 5.91 Å². The van der Waals surface area contributed by atoms with Gasteiger partial charge in [-0.3, -0.25) is 4.79 Å². The number of pyridine rings is 1. The molecule has 27 heavy (non-hydrogen) atoms. The van der Waals surface area contributed by atoms with Gasteiger partial charge in [0.25, 0.3) is 5.03 Å². The summed E-state index contributed by atoms with van der Waals surface area (Å²) >= 11 is 1.22. The van der Waals surface area contributed by atoms with Crippen LogP contribution in [0.4, 0.5) is 5.69 Å². The maximum Gasteiger partial charge on any atom is 0.252 e. The Morgan fingerprint density at radius 3 is 2.48 bits per heavy atom. The van der Waals surface area contributed by atoms with Crippen LogP contribution >= 0.6 is 11.8 Å². The molecule has 0 unspecified atom stereocenters. The number of rotatable bonds is 7. The molecule has 0 spiro atoms. The first-order valence-electron chi connectivity index (χ1n) is 8.54. The third-order valence-electron chi connectivity index (χ3n) is 3.83. The van der Waals surface area contributed by atoms with Crippen LogP contribution < -0.4 is 14.8 Å². The molecule has 0 saturated carbocycles. The lowest BCUT2D eigenvalue weighted by Gasteiger charge is -2.12. The first-order chi connectivity index (χ1) is 13.1. The van der Waals surface area contributed by atoms with Gasteiger partial charge in [-0.15, -0.1) is 0 Å². The lowest BCUT2D eigenvalue weighted by Crippen LogP contribution is -2.30. The first kappa shape index (κ1) is 18.8. The summed E-state index contributed by atoms with van der Waals surface area (Å²) in [6, 6.07) is 22.3. The van der Waals surface area contributed by atoms with E-state index in [1.165, 1.54) is 18.0 Å². The van der Waals surface area contributed by atoms with E-state index in [1.54, 1.807) is 37.3 Å². The Hall–Kier alpha value is -2.99. The van der Waals surface area contributed by atoms with Gasteiger partial charge in [0.15, 0.2) is 6.20 Å². The molecule has 1 heterocycles. The minimum Gasteiger partial charge on any atom is -0.618 e. The van der Waals surface area contributed by atoms with Crippen LogP contribution in [0.25, 0.3) is 0 Å². The Labute approximate surface area is 162 Å². The minimum atomic E-state index is -0.401. The smallest absolute Gasteiger partial charge is 0.252 e. The van der Waals surface area contributed by atoms with E-state index >= 15 is 0 Å². The molecule has 0 saturated heterocycles. The SMILES string of the molecule is C[C@H](Sc1cccc[n+]1[O-])C(=O)Nc1ccc(OCc2ccccc2)cc1. The third kappa shape index (κ3) is 5.49. The predicted molar refractivity (Wildman–Crippen MR) is 107 cm³/mol. The zero-order valence-corrected chi connectivity index (χ0v) is 15.7. The van der Waals surface area contributed by atoms with Crippen LogP contribution in [-0.2, 0) is 11.4 Å². The van der Waals surface area contributed by atoms with Crippen LogP contribution in [-0.4, -0.2) is 11.2 Å². The minimum absolute atomic E-state index is 0.165. The second kappa shape index (κ2) is 9.09. The van der Waals surface area contributed by atoms with Crippen molar-refractivity contribution >= 4 is 23.4 Å². The highest BCUT2D eigenvalue weighted by Crippen LogP contribution is 2.22. The zero-order chi connectivity index (χ0) is 19.1. The molecule has 3 rings (SSSR count). The van der Waals surface area contributed by atoms with Crippen LogP contribution in [0.3, 0.4) is 0 Å². The number of amides is 1. The fourth-order valence-electron chi connectivity index (χ4n) is 2.36. The Balaban J connectivity index is 1.52. The molecule has 0 aliphatic rings. The average Bonchev–Trinajstić information content (AvgIpc) is 2.70. The number of thioether (sulfide) groups is 1. The Morgan fingerprint density at radius 2 is 1.78 bits per heavy atom. The summed E-state index contributed by atoms with van der Waals surface area (Å²) in [7, 11) is 0. The maximum absolute atomic E-state index is 12.3. The van der Waals surface area contributed by atoms with Crippen molar-refractivity contribution in [2.75, 3.05) is 5.32 Å². The van der Waals surface area contributed by atoms with Crippen molar-refractivity contribution in [3.63, 3.8) is 0 Å². The van der Waals surface area contributed by atoms with E-state index in [2.05, 4.69) is 5.32 Å². The fraction of sp³-hybridized carbons (Fsp3) is 0.143. The van der Waals surface area contributed by atoms with Crippen molar-refractivity contribution in [2.24, 2.45) is 0 Å². The second-order valence-corrected chi connectivity index (χ2v) is 7.27. The molecule has 1 atom stereocenters. The Bertz CT molecular complexity index is 885. The van der Waals surface area contributed by atoms with Gasteiger partial charge < -0.3 is 15.3 Å². The summed E-state index contributed by atoms with van der Waals surface area (Å²) in [5.74, 6) is 0.567. The highest BCUT2D eigenvalue weighted by Gasteiger charge is 2.18. The molecule has 1 amide bonds. The predicted octanol–water partition coefficient (Wildman–Crippen LogP) is 4.02. The summed E-state index contributed by atoms with van der Waals surface area (Å²) in [6.45, 7) is 2.26. The normalized spacial score (nSPS) is 11.6. The highest BCUT2D eigenvalue weighted by atomic mass is 32.2. The quantitative estimate of drug-likeness (QED) is 0.382. The number of carbonyl (C=O) groups excluding carboxylic acids is 1. The number of hydrogen-bond donors (Lipinski definition) is 1. The molecule has 2 aromatic carbocycles. The van der Waals surface area contributed by atoms with Gasteiger partial charge in [-0.1, -0.05) is 30.3 Å².